The predicted molar refractivity (Wildman–Crippen MR) is 114 cm³/mol. The first kappa shape index (κ1) is 21.8. The van der Waals surface area contributed by atoms with Crippen LogP contribution in [0.15, 0.2) is 36.4 Å². The summed E-state index contributed by atoms with van der Waals surface area (Å²) in [4.78, 5) is 13.8. The molecule has 2 aromatic carbocycles. The van der Waals surface area contributed by atoms with Crippen molar-refractivity contribution < 1.29 is 19.4 Å². The smallest absolute Gasteiger partial charge is 0.307 e. The Hall–Kier alpha value is -1.95. The number of rotatable bonds is 7. The van der Waals surface area contributed by atoms with Crippen LogP contribution in [0.5, 0.6) is 11.5 Å². The van der Waals surface area contributed by atoms with Crippen molar-refractivity contribution in [2.45, 2.75) is 25.8 Å². The molecule has 1 heterocycles. The Bertz CT molecular complexity index is 874. The second-order valence-corrected chi connectivity index (χ2v) is 7.93. The van der Waals surface area contributed by atoms with Crippen LogP contribution in [0, 0.1) is 5.92 Å². The molecule has 1 fully saturated rings. The van der Waals surface area contributed by atoms with Crippen molar-refractivity contribution in [3.05, 3.63) is 57.6 Å². The number of aliphatic carboxylic acids is 1. The van der Waals surface area contributed by atoms with E-state index >= 15 is 0 Å². The molecule has 2 aromatic rings. The van der Waals surface area contributed by atoms with E-state index in [1.54, 1.807) is 19.2 Å². The highest BCUT2D eigenvalue weighted by atomic mass is 35.5. The maximum atomic E-state index is 11.6. The molecule has 5 nitrogen and oxygen atoms in total. The van der Waals surface area contributed by atoms with Gasteiger partial charge in [-0.3, -0.25) is 9.69 Å². The van der Waals surface area contributed by atoms with Crippen molar-refractivity contribution in [3.8, 4) is 11.5 Å². The van der Waals surface area contributed by atoms with Crippen LogP contribution in [-0.4, -0.2) is 42.8 Å². The molecule has 7 heteroatoms. The van der Waals surface area contributed by atoms with E-state index in [2.05, 4.69) is 4.90 Å². The Kier molecular flexibility index (Phi) is 7.28. The lowest BCUT2D eigenvalue weighted by atomic mass is 9.91. The summed E-state index contributed by atoms with van der Waals surface area (Å²) in [7, 11) is 1.60. The molecule has 3 rings (SSSR count). The molecule has 0 radical (unpaired) electrons. The zero-order valence-electron chi connectivity index (χ0n) is 16.5. The number of carboxylic acids is 1. The standard InChI is InChI=1S/C22H25Cl2NO4/c1-3-29-20-11-14(6-9-19(20)28-2)21(17-8-7-16(23)12-18(17)24)25-10-4-5-15(13-25)22(26)27/h6-9,11-12,15,21H,3-5,10,13H2,1-2H3,(H,26,27). The lowest BCUT2D eigenvalue weighted by molar-refractivity contribution is -0.143. The monoisotopic (exact) mass is 437 g/mol. The number of piperidine rings is 1. The fraction of sp³-hybridized carbons (Fsp3) is 0.409. The molecular weight excluding hydrogens is 413 g/mol. The molecule has 0 aliphatic carbocycles. The van der Waals surface area contributed by atoms with Crippen LogP contribution >= 0.6 is 23.2 Å². The maximum Gasteiger partial charge on any atom is 0.307 e. The van der Waals surface area contributed by atoms with Crippen LogP contribution < -0.4 is 9.47 Å². The zero-order chi connectivity index (χ0) is 21.0. The third-order valence-corrected chi connectivity index (χ3v) is 5.79. The third-order valence-electron chi connectivity index (χ3n) is 5.23. The molecule has 0 spiro atoms. The normalized spacial score (nSPS) is 18.3. The Morgan fingerprint density at radius 3 is 2.69 bits per heavy atom. The van der Waals surface area contributed by atoms with Crippen LogP contribution in [0.1, 0.15) is 36.9 Å². The Morgan fingerprint density at radius 1 is 1.24 bits per heavy atom. The van der Waals surface area contributed by atoms with Gasteiger partial charge in [0, 0.05) is 16.6 Å². The van der Waals surface area contributed by atoms with E-state index in [9.17, 15) is 9.90 Å². The van der Waals surface area contributed by atoms with Crippen LogP contribution in [-0.2, 0) is 4.79 Å². The summed E-state index contributed by atoms with van der Waals surface area (Å²) >= 11 is 12.7. The minimum Gasteiger partial charge on any atom is -0.493 e. The molecule has 0 bridgehead atoms. The summed E-state index contributed by atoms with van der Waals surface area (Å²) in [6.07, 6.45) is 1.49. The lowest BCUT2D eigenvalue weighted by Gasteiger charge is -2.38. The van der Waals surface area contributed by atoms with Gasteiger partial charge in [0.05, 0.1) is 25.7 Å². The molecule has 2 atom stereocenters. The second-order valence-electron chi connectivity index (χ2n) is 7.08. The minimum atomic E-state index is -0.764. The van der Waals surface area contributed by atoms with E-state index in [4.69, 9.17) is 32.7 Å². The van der Waals surface area contributed by atoms with Crippen molar-refractivity contribution in [3.63, 3.8) is 0 Å². The van der Waals surface area contributed by atoms with Gasteiger partial charge in [-0.25, -0.2) is 0 Å². The van der Waals surface area contributed by atoms with Gasteiger partial charge in [-0.1, -0.05) is 35.3 Å². The molecule has 29 heavy (non-hydrogen) atoms. The van der Waals surface area contributed by atoms with E-state index in [1.807, 2.05) is 31.2 Å². The number of halogens is 2. The zero-order valence-corrected chi connectivity index (χ0v) is 18.0. The van der Waals surface area contributed by atoms with Crippen LogP contribution in [0.4, 0.5) is 0 Å². The molecule has 0 amide bonds. The number of carboxylic acid groups (broad SMARTS) is 1. The van der Waals surface area contributed by atoms with E-state index in [0.29, 0.717) is 41.1 Å². The first-order valence-electron chi connectivity index (χ1n) is 9.67. The maximum absolute atomic E-state index is 11.6. The summed E-state index contributed by atoms with van der Waals surface area (Å²) in [5, 5.41) is 10.7. The fourth-order valence-electron chi connectivity index (χ4n) is 3.88. The largest absolute Gasteiger partial charge is 0.493 e. The summed E-state index contributed by atoms with van der Waals surface area (Å²) in [6, 6.07) is 11.0. The van der Waals surface area contributed by atoms with Crippen LogP contribution in [0.2, 0.25) is 10.0 Å². The summed E-state index contributed by atoms with van der Waals surface area (Å²) < 4.78 is 11.2. The number of methoxy groups -OCH3 is 1. The molecule has 1 aliphatic heterocycles. The highest BCUT2D eigenvalue weighted by Crippen LogP contribution is 2.40. The first-order valence-corrected chi connectivity index (χ1v) is 10.4. The second kappa shape index (κ2) is 9.70. The van der Waals surface area contributed by atoms with Gasteiger partial charge in [-0.2, -0.15) is 0 Å². The topological polar surface area (TPSA) is 59.0 Å². The highest BCUT2D eigenvalue weighted by molar-refractivity contribution is 6.35. The fourth-order valence-corrected chi connectivity index (χ4v) is 4.40. The van der Waals surface area contributed by atoms with Gasteiger partial charge in [0.2, 0.25) is 0 Å². The van der Waals surface area contributed by atoms with Gasteiger partial charge in [0.1, 0.15) is 0 Å². The van der Waals surface area contributed by atoms with Crippen molar-refractivity contribution in [2.75, 3.05) is 26.8 Å². The van der Waals surface area contributed by atoms with Crippen molar-refractivity contribution in [1.29, 1.82) is 0 Å². The number of likely N-dealkylation sites (tertiary alicyclic amines) is 1. The van der Waals surface area contributed by atoms with Gasteiger partial charge in [-0.05, 0) is 61.7 Å². The molecule has 156 valence electrons. The van der Waals surface area contributed by atoms with E-state index < -0.39 is 11.9 Å². The number of ether oxygens (including phenoxy) is 2. The van der Waals surface area contributed by atoms with Crippen molar-refractivity contribution in [2.24, 2.45) is 5.92 Å². The number of hydrogen-bond acceptors (Lipinski definition) is 4. The van der Waals surface area contributed by atoms with Gasteiger partial charge in [0.15, 0.2) is 11.5 Å². The molecule has 1 saturated heterocycles. The highest BCUT2D eigenvalue weighted by Gasteiger charge is 2.32. The van der Waals surface area contributed by atoms with E-state index in [-0.39, 0.29) is 6.04 Å². The molecule has 0 saturated carbocycles. The van der Waals surface area contributed by atoms with Gasteiger partial charge >= 0.3 is 5.97 Å². The Balaban J connectivity index is 2.08. The first-order chi connectivity index (χ1) is 13.9. The average Bonchev–Trinajstić information content (AvgIpc) is 2.70. The third kappa shape index (κ3) is 4.97. The Morgan fingerprint density at radius 2 is 2.03 bits per heavy atom. The van der Waals surface area contributed by atoms with Crippen LogP contribution in [0.25, 0.3) is 0 Å². The van der Waals surface area contributed by atoms with Gasteiger partial charge < -0.3 is 14.6 Å². The molecule has 1 N–H and O–H groups in total. The van der Waals surface area contributed by atoms with Gasteiger partial charge in [-0.15, -0.1) is 0 Å². The number of hydrogen-bond donors (Lipinski definition) is 1. The predicted octanol–water partition coefficient (Wildman–Crippen LogP) is 5.29. The van der Waals surface area contributed by atoms with E-state index in [0.717, 1.165) is 24.1 Å². The SMILES string of the molecule is CCOc1cc(C(c2ccc(Cl)cc2Cl)N2CCCC(C(=O)O)C2)ccc1OC. The van der Waals surface area contributed by atoms with Crippen molar-refractivity contribution >= 4 is 29.2 Å². The average molecular weight is 438 g/mol. The Labute approximate surface area is 181 Å². The molecular formula is C22H25Cl2NO4. The summed E-state index contributed by atoms with van der Waals surface area (Å²) in [6.45, 7) is 3.66. The minimum absolute atomic E-state index is 0.216. The number of benzene rings is 2. The quantitative estimate of drug-likeness (QED) is 0.637. The van der Waals surface area contributed by atoms with Crippen LogP contribution in [0.3, 0.4) is 0 Å². The van der Waals surface area contributed by atoms with Gasteiger partial charge in [0.25, 0.3) is 0 Å². The number of nitrogens with zero attached hydrogens (tertiary/aromatic N) is 1. The van der Waals surface area contributed by atoms with E-state index in [1.165, 1.54) is 0 Å². The molecule has 0 aromatic heterocycles. The van der Waals surface area contributed by atoms with Crippen molar-refractivity contribution in [1.82, 2.24) is 4.90 Å². The summed E-state index contributed by atoms with van der Waals surface area (Å²) in [5.41, 5.74) is 1.85. The lowest BCUT2D eigenvalue weighted by Crippen LogP contribution is -2.41. The molecule has 2 unspecified atom stereocenters. The summed E-state index contributed by atoms with van der Waals surface area (Å²) in [5.74, 6) is 0.135. The number of carbonyl (C=O) groups is 1. The molecule has 1 aliphatic rings.